The van der Waals surface area contributed by atoms with Gasteiger partial charge in [0.1, 0.15) is 66.0 Å². The summed E-state index contributed by atoms with van der Waals surface area (Å²) in [7, 11) is 0. The highest BCUT2D eigenvalue weighted by atomic mass is 35.5. The molecule has 0 radical (unpaired) electrons. The van der Waals surface area contributed by atoms with Crippen LogP contribution in [0.25, 0.3) is 88.6 Å². The smallest absolute Gasteiger partial charge is 0.198 e. The number of hydrogen-bond acceptors (Lipinski definition) is 0. The first-order valence-corrected chi connectivity index (χ1v) is 18.6. The Labute approximate surface area is 335 Å². The van der Waals surface area contributed by atoms with Gasteiger partial charge in [-0.15, -0.1) is 0 Å². The summed E-state index contributed by atoms with van der Waals surface area (Å²) in [6, 6.07) is 31.2. The summed E-state index contributed by atoms with van der Waals surface area (Å²) in [5.74, 6) is -2.41. The van der Waals surface area contributed by atoms with Crippen molar-refractivity contribution in [3.8, 4) is 44.5 Å². The largest absolute Gasteiger partial charge is 0.354 e. The van der Waals surface area contributed by atoms with Crippen molar-refractivity contribution in [2.75, 3.05) is 0 Å². The maximum atomic E-state index is 15.9. The third kappa shape index (κ3) is 6.01. The Morgan fingerprint density at radius 3 is 1.04 bits per heavy atom. The van der Waals surface area contributed by atoms with Gasteiger partial charge in [0.2, 0.25) is 0 Å². The van der Waals surface area contributed by atoms with Crippen LogP contribution in [0, 0.1) is 23.3 Å². The van der Waals surface area contributed by atoms with E-state index in [1.165, 1.54) is 48.5 Å². The monoisotopic (exact) mass is 824 g/mol. The average Bonchev–Trinajstić information content (AvgIpc) is 4.00. The average molecular weight is 827 g/mol. The number of halogens is 8. The molecule has 0 aliphatic rings. The highest BCUT2D eigenvalue weighted by Crippen LogP contribution is 2.43. The molecule has 0 aliphatic heterocycles. The van der Waals surface area contributed by atoms with Crippen molar-refractivity contribution in [2.24, 2.45) is 0 Å². The first kappa shape index (κ1) is 36.0. The zero-order valence-electron chi connectivity index (χ0n) is 28.6. The van der Waals surface area contributed by atoms with Crippen molar-refractivity contribution in [3.05, 3.63) is 165 Å². The quantitative estimate of drug-likeness (QED) is 0.101. The van der Waals surface area contributed by atoms with Gasteiger partial charge in [-0.25, -0.2) is 8.78 Å². The van der Waals surface area contributed by atoms with Crippen LogP contribution in [0.15, 0.2) is 121 Å². The molecule has 4 aromatic carbocycles. The zero-order valence-corrected chi connectivity index (χ0v) is 31.6. The van der Waals surface area contributed by atoms with E-state index in [4.69, 9.17) is 46.4 Å². The lowest BCUT2D eigenvalue weighted by atomic mass is 10.0. The molecule has 0 saturated carbocycles. The second kappa shape index (κ2) is 14.1. The molecule has 9 rings (SSSR count). The van der Waals surface area contributed by atoms with E-state index in [0.717, 1.165) is 0 Å². The molecule has 0 spiro atoms. The van der Waals surface area contributed by atoms with Gasteiger partial charge < -0.3 is 19.9 Å². The molecule has 0 fully saturated rings. The van der Waals surface area contributed by atoms with Gasteiger partial charge in [-0.1, -0.05) is 35.3 Å². The Kier molecular flexibility index (Phi) is 9.10. The van der Waals surface area contributed by atoms with E-state index in [9.17, 15) is 0 Å². The Hall–Kier alpha value is -5.64. The number of rotatable bonds is 4. The lowest BCUT2D eigenvalue weighted by molar-refractivity contribution is 0.631. The molecular weight excluding hydrogens is 802 g/mol. The molecular formula is C44H24Cl4F4N4+2. The summed E-state index contributed by atoms with van der Waals surface area (Å²) in [5, 5.41) is 0.509. The number of benzene rings is 4. The first-order chi connectivity index (χ1) is 27.1. The van der Waals surface area contributed by atoms with Gasteiger partial charge in [0.05, 0.1) is 33.2 Å². The van der Waals surface area contributed by atoms with E-state index in [0.29, 0.717) is 66.4 Å². The van der Waals surface area contributed by atoms with Gasteiger partial charge in [0.15, 0.2) is 11.6 Å². The normalized spacial score (nSPS) is 11.6. The van der Waals surface area contributed by atoms with E-state index >= 15 is 17.6 Å². The molecule has 8 bridgehead atoms. The number of hydrogen-bond donors (Lipinski definition) is 4. The highest BCUT2D eigenvalue weighted by Gasteiger charge is 2.27. The number of nitrogens with one attached hydrogen (secondary N) is 4. The van der Waals surface area contributed by atoms with E-state index < -0.39 is 23.3 Å². The molecule has 0 amide bonds. The minimum Gasteiger partial charge on any atom is -0.354 e. The van der Waals surface area contributed by atoms with Crippen LogP contribution in [-0.2, 0) is 0 Å². The summed E-state index contributed by atoms with van der Waals surface area (Å²) >= 11 is 26.9. The van der Waals surface area contributed by atoms with Crippen molar-refractivity contribution in [2.45, 2.75) is 0 Å². The Balaban J connectivity index is 1.56. The summed E-state index contributed by atoms with van der Waals surface area (Å²) in [6.45, 7) is 0. The molecule has 0 saturated heterocycles. The SMILES string of the molecule is Fc1cccc(Cl)c1-c1c2ccc([nH]2)c(-c2c(F)cccc2Cl)c2ccc([nH]2)[c+](-c2c(F)cccc2Cl)c2ccc([nH]2)[c+](-c2c(F)cccc2Cl)c2ccc1[nH]2. The molecule has 5 heterocycles. The lowest BCUT2D eigenvalue weighted by Gasteiger charge is -2.08. The molecule has 0 unspecified atom stereocenters. The lowest BCUT2D eigenvalue weighted by Crippen LogP contribution is -1.91. The number of H-pyrrole nitrogens is 4. The molecule has 12 heteroatoms. The van der Waals surface area contributed by atoms with E-state index in [2.05, 4.69) is 19.9 Å². The van der Waals surface area contributed by atoms with Crippen LogP contribution >= 0.6 is 46.4 Å². The zero-order chi connectivity index (χ0) is 38.8. The van der Waals surface area contributed by atoms with Gasteiger partial charge in [-0.3, -0.25) is 0 Å². The third-order valence-electron chi connectivity index (χ3n) is 9.75. The fourth-order valence-corrected chi connectivity index (χ4v) is 8.38. The maximum absolute atomic E-state index is 15.9. The minimum absolute atomic E-state index is 0.0818. The molecule has 0 atom stereocenters. The predicted molar refractivity (Wildman–Crippen MR) is 222 cm³/mol. The van der Waals surface area contributed by atoms with E-state index in [1.54, 1.807) is 72.8 Å². The van der Waals surface area contributed by atoms with Crippen molar-refractivity contribution in [3.63, 3.8) is 0 Å². The minimum atomic E-state index is -0.602. The standard InChI is InChI=1S/C44H24Cl4F4N4/c45-21-5-1-9-25(49)37(21)41-29-13-15-31(53-29)42(38-22(46)6-2-10-26(38)50)33-17-19-35(55-33)44(40-24(48)8-4-12-28(40)52)36-20-18-34(56-36)43(32-16-14-30(41)54-32)39-23(47)7-3-11-27(39)51/h1-20,53-56H/q+2. The van der Waals surface area contributed by atoms with Gasteiger partial charge in [0.25, 0.3) is 0 Å². The topological polar surface area (TPSA) is 63.2 Å². The second-order valence-corrected chi connectivity index (χ2v) is 14.7. The van der Waals surface area contributed by atoms with E-state index in [1.807, 2.05) is 0 Å². The van der Waals surface area contributed by atoms with Gasteiger partial charge >= 0.3 is 0 Å². The number of aromatic nitrogens is 4. The summed E-state index contributed by atoms with van der Waals surface area (Å²) in [4.78, 5) is 13.5. The van der Waals surface area contributed by atoms with Crippen molar-refractivity contribution < 1.29 is 17.6 Å². The highest BCUT2D eigenvalue weighted by molar-refractivity contribution is 6.35. The fraction of sp³-hybridized carbons (Fsp3) is 0. The van der Waals surface area contributed by atoms with Crippen LogP contribution in [0.5, 0.6) is 0 Å². The Bertz CT molecular complexity index is 2560. The second-order valence-electron chi connectivity index (χ2n) is 13.0. The summed E-state index contributed by atoms with van der Waals surface area (Å²) < 4.78 is 63.8. The molecule has 4 N–H and O–H groups in total. The van der Waals surface area contributed by atoms with Crippen molar-refractivity contribution in [1.82, 2.24) is 19.9 Å². The van der Waals surface area contributed by atoms with Crippen LogP contribution in [0.2, 0.25) is 20.1 Å². The third-order valence-corrected chi connectivity index (χ3v) is 11.0. The molecule has 0 aliphatic carbocycles. The number of aromatic amines is 4. The molecule has 9 aromatic rings. The fourth-order valence-electron chi connectivity index (χ4n) is 7.35. The summed E-state index contributed by atoms with van der Waals surface area (Å²) in [6.07, 6.45) is 0. The van der Waals surface area contributed by atoms with Crippen LogP contribution in [-0.4, -0.2) is 19.9 Å². The van der Waals surface area contributed by atoms with Gasteiger partial charge in [0, 0.05) is 57.6 Å². The van der Waals surface area contributed by atoms with E-state index in [-0.39, 0.29) is 42.3 Å². The molecule has 4 nitrogen and oxygen atoms in total. The molecule has 274 valence electrons. The van der Waals surface area contributed by atoms with Crippen molar-refractivity contribution in [1.29, 1.82) is 0 Å². The van der Waals surface area contributed by atoms with Crippen molar-refractivity contribution >= 4 is 90.5 Å². The summed E-state index contributed by atoms with van der Waals surface area (Å²) in [5.41, 5.74) is 4.90. The first-order valence-electron chi connectivity index (χ1n) is 17.1. The molecule has 5 aromatic heterocycles. The predicted octanol–water partition coefficient (Wildman–Crippen LogP) is 15.1. The van der Waals surface area contributed by atoms with Gasteiger partial charge in [-0.05, 0) is 96.0 Å². The number of fused-ring (bicyclic) bond motifs is 8. The van der Waals surface area contributed by atoms with Gasteiger partial charge in [-0.2, -0.15) is 8.78 Å². The maximum Gasteiger partial charge on any atom is 0.198 e. The van der Waals surface area contributed by atoms with Crippen LogP contribution in [0.3, 0.4) is 0 Å². The Morgan fingerprint density at radius 2 is 0.643 bits per heavy atom. The Morgan fingerprint density at radius 1 is 0.321 bits per heavy atom. The van der Waals surface area contributed by atoms with Crippen LogP contribution < -0.4 is 0 Å². The van der Waals surface area contributed by atoms with Crippen LogP contribution in [0.4, 0.5) is 17.6 Å². The van der Waals surface area contributed by atoms with Crippen LogP contribution in [0.1, 0.15) is 0 Å². The molecule has 56 heavy (non-hydrogen) atoms.